The second kappa shape index (κ2) is 5.39. The zero-order valence-corrected chi connectivity index (χ0v) is 9.43. The van der Waals surface area contributed by atoms with Gasteiger partial charge in [-0.15, -0.1) is 0 Å². The summed E-state index contributed by atoms with van der Waals surface area (Å²) >= 11 is 0. The molecule has 0 spiro atoms. The van der Waals surface area contributed by atoms with E-state index in [-0.39, 0.29) is 23.9 Å². The Morgan fingerprint density at radius 1 is 1.31 bits per heavy atom. The molecule has 0 fully saturated rings. The van der Waals surface area contributed by atoms with Crippen molar-refractivity contribution in [1.29, 1.82) is 0 Å². The molecular formula is C12H16O4. The second-order valence-corrected chi connectivity index (χ2v) is 4.08. The molecule has 0 aliphatic heterocycles. The molecule has 1 aromatic rings. The van der Waals surface area contributed by atoms with E-state index in [4.69, 9.17) is 9.84 Å². The van der Waals surface area contributed by atoms with E-state index in [1.165, 1.54) is 12.1 Å². The molecule has 1 aromatic carbocycles. The van der Waals surface area contributed by atoms with Crippen LogP contribution in [-0.4, -0.2) is 22.8 Å². The number of esters is 1. The number of phenols is 2. The summed E-state index contributed by atoms with van der Waals surface area (Å²) in [7, 11) is 0. The molecule has 0 amide bonds. The monoisotopic (exact) mass is 224 g/mol. The van der Waals surface area contributed by atoms with E-state index in [0.29, 0.717) is 18.1 Å². The minimum absolute atomic E-state index is 0.0978. The smallest absolute Gasteiger partial charge is 0.310 e. The van der Waals surface area contributed by atoms with Gasteiger partial charge in [-0.3, -0.25) is 4.79 Å². The Kier molecular flexibility index (Phi) is 4.17. The molecule has 0 bridgehead atoms. The Morgan fingerprint density at radius 3 is 2.56 bits per heavy atom. The molecule has 0 saturated carbocycles. The quantitative estimate of drug-likeness (QED) is 0.605. The topological polar surface area (TPSA) is 66.8 Å². The average Bonchev–Trinajstić information content (AvgIpc) is 2.21. The van der Waals surface area contributed by atoms with Crippen LogP contribution in [0.5, 0.6) is 11.5 Å². The first-order valence-electron chi connectivity index (χ1n) is 5.15. The summed E-state index contributed by atoms with van der Waals surface area (Å²) in [6, 6.07) is 4.28. The molecule has 0 radical (unpaired) electrons. The van der Waals surface area contributed by atoms with Crippen LogP contribution in [0.2, 0.25) is 0 Å². The molecule has 0 saturated heterocycles. The molecule has 1 rings (SSSR count). The lowest BCUT2D eigenvalue weighted by Gasteiger charge is -2.07. The number of hydrogen-bond donors (Lipinski definition) is 2. The van der Waals surface area contributed by atoms with E-state index < -0.39 is 0 Å². The number of ether oxygens (including phenoxy) is 1. The highest BCUT2D eigenvalue weighted by atomic mass is 16.5. The number of benzene rings is 1. The van der Waals surface area contributed by atoms with Crippen LogP contribution in [0.3, 0.4) is 0 Å². The zero-order chi connectivity index (χ0) is 12.1. The SMILES string of the molecule is CC(C)COC(=O)Cc1ccc(O)c(O)c1. The highest BCUT2D eigenvalue weighted by Gasteiger charge is 2.08. The van der Waals surface area contributed by atoms with Crippen molar-refractivity contribution in [2.24, 2.45) is 5.92 Å². The van der Waals surface area contributed by atoms with Gasteiger partial charge in [0.05, 0.1) is 13.0 Å². The first kappa shape index (κ1) is 12.4. The van der Waals surface area contributed by atoms with Gasteiger partial charge < -0.3 is 14.9 Å². The number of phenolic OH excluding ortho intramolecular Hbond substituents is 2. The molecule has 2 N–H and O–H groups in total. The predicted octanol–water partition coefficient (Wildman–Crippen LogP) is 1.84. The maximum absolute atomic E-state index is 11.3. The van der Waals surface area contributed by atoms with Gasteiger partial charge in [0.1, 0.15) is 0 Å². The second-order valence-electron chi connectivity index (χ2n) is 4.08. The Morgan fingerprint density at radius 2 is 2.00 bits per heavy atom. The van der Waals surface area contributed by atoms with Crippen molar-refractivity contribution in [3.05, 3.63) is 23.8 Å². The predicted molar refractivity (Wildman–Crippen MR) is 59.3 cm³/mol. The highest BCUT2D eigenvalue weighted by Crippen LogP contribution is 2.25. The summed E-state index contributed by atoms with van der Waals surface area (Å²) in [6.45, 7) is 4.31. The maximum atomic E-state index is 11.3. The van der Waals surface area contributed by atoms with E-state index >= 15 is 0 Å². The van der Waals surface area contributed by atoms with Crippen LogP contribution in [0.1, 0.15) is 19.4 Å². The van der Waals surface area contributed by atoms with Gasteiger partial charge in [-0.25, -0.2) is 0 Å². The largest absolute Gasteiger partial charge is 0.504 e. The van der Waals surface area contributed by atoms with Crippen molar-refractivity contribution >= 4 is 5.97 Å². The molecule has 88 valence electrons. The van der Waals surface area contributed by atoms with Crippen molar-refractivity contribution in [3.63, 3.8) is 0 Å². The van der Waals surface area contributed by atoms with Crippen molar-refractivity contribution in [2.45, 2.75) is 20.3 Å². The van der Waals surface area contributed by atoms with Gasteiger partial charge in [0.25, 0.3) is 0 Å². The molecule has 4 heteroatoms. The van der Waals surface area contributed by atoms with Crippen molar-refractivity contribution in [3.8, 4) is 11.5 Å². The van der Waals surface area contributed by atoms with Crippen LogP contribution in [0.25, 0.3) is 0 Å². The number of aromatic hydroxyl groups is 2. The van der Waals surface area contributed by atoms with Crippen LogP contribution in [-0.2, 0) is 16.0 Å². The summed E-state index contributed by atoms with van der Waals surface area (Å²) in [5, 5.41) is 18.3. The van der Waals surface area contributed by atoms with Crippen LogP contribution >= 0.6 is 0 Å². The fourth-order valence-corrected chi connectivity index (χ4v) is 1.16. The Labute approximate surface area is 94.5 Å². The normalized spacial score (nSPS) is 10.4. The van der Waals surface area contributed by atoms with Gasteiger partial charge in [-0.05, 0) is 23.6 Å². The minimum atomic E-state index is -0.334. The Balaban J connectivity index is 2.53. The number of carbonyl (C=O) groups excluding carboxylic acids is 1. The number of rotatable bonds is 4. The third-order valence-electron chi connectivity index (χ3n) is 1.97. The van der Waals surface area contributed by atoms with Gasteiger partial charge in [0.2, 0.25) is 0 Å². The van der Waals surface area contributed by atoms with Crippen LogP contribution in [0, 0.1) is 5.92 Å². The third kappa shape index (κ3) is 3.81. The molecular weight excluding hydrogens is 208 g/mol. The minimum Gasteiger partial charge on any atom is -0.504 e. The Hall–Kier alpha value is -1.71. The number of carbonyl (C=O) groups is 1. The number of hydrogen-bond acceptors (Lipinski definition) is 4. The van der Waals surface area contributed by atoms with E-state index in [9.17, 15) is 9.90 Å². The van der Waals surface area contributed by atoms with Gasteiger partial charge in [0.15, 0.2) is 11.5 Å². The molecule has 4 nitrogen and oxygen atoms in total. The van der Waals surface area contributed by atoms with Gasteiger partial charge in [-0.1, -0.05) is 19.9 Å². The Bertz CT molecular complexity index is 371. The van der Waals surface area contributed by atoms with Crippen molar-refractivity contribution in [2.75, 3.05) is 6.61 Å². The molecule has 0 aromatic heterocycles. The molecule has 16 heavy (non-hydrogen) atoms. The van der Waals surface area contributed by atoms with Gasteiger partial charge in [-0.2, -0.15) is 0 Å². The van der Waals surface area contributed by atoms with E-state index in [2.05, 4.69) is 0 Å². The lowest BCUT2D eigenvalue weighted by atomic mass is 10.1. The van der Waals surface area contributed by atoms with Gasteiger partial charge in [0, 0.05) is 0 Å². The highest BCUT2D eigenvalue weighted by molar-refractivity contribution is 5.72. The van der Waals surface area contributed by atoms with Crippen molar-refractivity contribution < 1.29 is 19.7 Å². The maximum Gasteiger partial charge on any atom is 0.310 e. The van der Waals surface area contributed by atoms with Crippen LogP contribution in [0.4, 0.5) is 0 Å². The van der Waals surface area contributed by atoms with E-state index in [1.807, 2.05) is 13.8 Å². The fourth-order valence-electron chi connectivity index (χ4n) is 1.16. The first-order chi connectivity index (χ1) is 7.49. The molecule has 0 aliphatic carbocycles. The standard InChI is InChI=1S/C12H16O4/c1-8(2)7-16-12(15)6-9-3-4-10(13)11(14)5-9/h3-5,8,13-14H,6-7H2,1-2H3. The van der Waals surface area contributed by atoms with Crippen LogP contribution in [0.15, 0.2) is 18.2 Å². The average molecular weight is 224 g/mol. The molecule has 0 aliphatic rings. The lowest BCUT2D eigenvalue weighted by molar-refractivity contribution is -0.143. The summed E-state index contributed by atoms with van der Waals surface area (Å²) in [5.74, 6) is -0.454. The summed E-state index contributed by atoms with van der Waals surface area (Å²) in [5.41, 5.74) is 0.615. The zero-order valence-electron chi connectivity index (χ0n) is 9.43. The fraction of sp³-hybridized carbons (Fsp3) is 0.417. The van der Waals surface area contributed by atoms with Crippen molar-refractivity contribution in [1.82, 2.24) is 0 Å². The van der Waals surface area contributed by atoms with E-state index in [1.54, 1.807) is 6.07 Å². The molecule has 0 unspecified atom stereocenters. The molecule has 0 atom stereocenters. The first-order valence-corrected chi connectivity index (χ1v) is 5.15. The van der Waals surface area contributed by atoms with Crippen LogP contribution < -0.4 is 0 Å². The lowest BCUT2D eigenvalue weighted by Crippen LogP contribution is -2.12. The van der Waals surface area contributed by atoms with E-state index in [0.717, 1.165) is 0 Å². The molecule has 0 heterocycles. The third-order valence-corrected chi connectivity index (χ3v) is 1.97. The summed E-state index contributed by atoms with van der Waals surface area (Å²) in [4.78, 5) is 11.3. The summed E-state index contributed by atoms with van der Waals surface area (Å²) < 4.78 is 4.99. The summed E-state index contributed by atoms with van der Waals surface area (Å²) in [6.07, 6.45) is 0.0978. The van der Waals surface area contributed by atoms with Gasteiger partial charge >= 0.3 is 5.97 Å².